The fraction of sp³-hybridized carbons (Fsp3) is 0.474. The molecule has 3 aromatic heterocycles. The average Bonchev–Trinajstić information content (AvgIpc) is 3.37. The molecule has 0 bridgehead atoms. The van der Waals surface area contributed by atoms with Crippen LogP contribution in [0, 0.1) is 13.8 Å². The number of nitrogens with one attached hydrogen (secondary N) is 1. The molecule has 8 nitrogen and oxygen atoms in total. The van der Waals surface area contributed by atoms with Crippen molar-refractivity contribution in [3.8, 4) is 0 Å². The summed E-state index contributed by atoms with van der Waals surface area (Å²) in [4.78, 5) is 20.5. The van der Waals surface area contributed by atoms with Gasteiger partial charge in [0.05, 0.1) is 11.3 Å². The topological polar surface area (TPSA) is 89.1 Å². The van der Waals surface area contributed by atoms with Crippen LogP contribution in [0.1, 0.15) is 43.6 Å². The lowest BCUT2D eigenvalue weighted by Gasteiger charge is -2.27. The van der Waals surface area contributed by atoms with Gasteiger partial charge in [-0.15, -0.1) is 11.3 Å². The zero-order valence-electron chi connectivity index (χ0n) is 16.4. The number of carbonyl (C=O) groups excluding carboxylic acids is 1. The minimum atomic E-state index is -0.00107. The van der Waals surface area contributed by atoms with Crippen LogP contribution in [0.15, 0.2) is 16.2 Å². The second kappa shape index (κ2) is 7.84. The first kappa shape index (κ1) is 18.8. The summed E-state index contributed by atoms with van der Waals surface area (Å²) in [6, 6.07) is 0. The van der Waals surface area contributed by atoms with E-state index in [1.165, 1.54) is 22.3 Å². The summed E-state index contributed by atoms with van der Waals surface area (Å²) in [5, 5.41) is 13.1. The summed E-state index contributed by atoms with van der Waals surface area (Å²) in [6.45, 7) is 7.10. The largest absolute Gasteiger partial charge is 0.361 e. The van der Waals surface area contributed by atoms with Crippen LogP contribution in [-0.4, -0.2) is 43.8 Å². The molecule has 0 saturated carbocycles. The maximum absolute atomic E-state index is 12.6. The smallest absolute Gasteiger partial charge is 0.252 e. The quantitative estimate of drug-likeness (QED) is 0.681. The number of amides is 1. The van der Waals surface area contributed by atoms with Crippen LogP contribution in [-0.2, 0) is 33.0 Å². The fourth-order valence-electron chi connectivity index (χ4n) is 3.59. The molecule has 1 amide bonds. The molecule has 1 aliphatic rings. The minimum Gasteiger partial charge on any atom is -0.361 e. The third kappa shape index (κ3) is 3.72. The van der Waals surface area contributed by atoms with Gasteiger partial charge in [-0.1, -0.05) is 5.16 Å². The Morgan fingerprint density at radius 2 is 2.25 bits per heavy atom. The molecule has 0 radical (unpaired) electrons. The molecule has 0 aliphatic carbocycles. The van der Waals surface area contributed by atoms with Crippen molar-refractivity contribution in [1.29, 1.82) is 0 Å². The average molecular weight is 401 g/mol. The van der Waals surface area contributed by atoms with Gasteiger partial charge in [0.2, 0.25) is 0 Å². The van der Waals surface area contributed by atoms with Crippen LogP contribution >= 0.6 is 11.3 Å². The number of carbonyl (C=O) groups is 1. The highest BCUT2D eigenvalue weighted by Crippen LogP contribution is 2.30. The Kier molecular flexibility index (Phi) is 5.27. The molecule has 0 atom stereocenters. The van der Waals surface area contributed by atoms with Crippen molar-refractivity contribution in [1.82, 2.24) is 30.1 Å². The van der Waals surface area contributed by atoms with Crippen LogP contribution in [0.25, 0.3) is 0 Å². The van der Waals surface area contributed by atoms with Gasteiger partial charge in [-0.05, 0) is 25.8 Å². The SMILES string of the molecule is Cc1noc(C)c1CN1CCc2c(C(=O)NCCc3ncnn3C)csc2C1. The Morgan fingerprint density at radius 3 is 2.96 bits per heavy atom. The number of hydrogen-bond acceptors (Lipinski definition) is 7. The number of aromatic nitrogens is 4. The Hall–Kier alpha value is -2.52. The van der Waals surface area contributed by atoms with Crippen molar-refractivity contribution in [3.63, 3.8) is 0 Å². The van der Waals surface area contributed by atoms with E-state index in [4.69, 9.17) is 4.52 Å². The molecule has 9 heteroatoms. The summed E-state index contributed by atoms with van der Waals surface area (Å²) in [6.07, 6.45) is 3.08. The highest BCUT2D eigenvalue weighted by Gasteiger charge is 2.25. The van der Waals surface area contributed by atoms with Crippen LogP contribution in [0.4, 0.5) is 0 Å². The monoisotopic (exact) mass is 400 g/mol. The third-order valence-electron chi connectivity index (χ3n) is 5.27. The highest BCUT2D eigenvalue weighted by molar-refractivity contribution is 7.10. The normalized spacial score (nSPS) is 14.2. The van der Waals surface area contributed by atoms with Gasteiger partial charge in [0.25, 0.3) is 5.91 Å². The van der Waals surface area contributed by atoms with Gasteiger partial charge < -0.3 is 9.84 Å². The van der Waals surface area contributed by atoms with Gasteiger partial charge in [-0.2, -0.15) is 5.10 Å². The second-order valence-corrected chi connectivity index (χ2v) is 8.08. The summed E-state index contributed by atoms with van der Waals surface area (Å²) in [7, 11) is 1.85. The molecule has 4 heterocycles. The molecule has 148 valence electrons. The van der Waals surface area contributed by atoms with E-state index < -0.39 is 0 Å². The first-order valence-electron chi connectivity index (χ1n) is 9.37. The minimum absolute atomic E-state index is 0.00107. The van der Waals surface area contributed by atoms with Crippen molar-refractivity contribution >= 4 is 17.2 Å². The summed E-state index contributed by atoms with van der Waals surface area (Å²) in [5.74, 6) is 1.75. The van der Waals surface area contributed by atoms with E-state index in [2.05, 4.69) is 25.5 Å². The lowest BCUT2D eigenvalue weighted by atomic mass is 10.0. The molecule has 28 heavy (non-hydrogen) atoms. The van der Waals surface area contributed by atoms with E-state index in [0.717, 1.165) is 48.9 Å². The van der Waals surface area contributed by atoms with Crippen molar-refractivity contribution < 1.29 is 9.32 Å². The number of thiophene rings is 1. The molecule has 0 unspecified atom stereocenters. The first-order chi connectivity index (χ1) is 13.5. The third-order valence-corrected chi connectivity index (χ3v) is 6.29. The lowest BCUT2D eigenvalue weighted by molar-refractivity contribution is 0.0952. The van der Waals surface area contributed by atoms with Crippen LogP contribution < -0.4 is 5.32 Å². The van der Waals surface area contributed by atoms with E-state index in [0.29, 0.717) is 13.0 Å². The molecule has 0 saturated heterocycles. The molecule has 0 fully saturated rings. The van der Waals surface area contributed by atoms with E-state index in [9.17, 15) is 4.79 Å². The zero-order valence-corrected chi connectivity index (χ0v) is 17.2. The van der Waals surface area contributed by atoms with Crippen LogP contribution in [0.2, 0.25) is 0 Å². The van der Waals surface area contributed by atoms with Crippen molar-refractivity contribution in [2.45, 2.75) is 39.8 Å². The molecular formula is C19H24N6O2S. The molecule has 0 aromatic carbocycles. The van der Waals surface area contributed by atoms with Gasteiger partial charge in [0.15, 0.2) is 0 Å². The van der Waals surface area contributed by atoms with E-state index in [1.54, 1.807) is 16.0 Å². The number of nitrogens with zero attached hydrogens (tertiary/aromatic N) is 5. The van der Waals surface area contributed by atoms with Gasteiger partial charge in [-0.25, -0.2) is 4.98 Å². The Morgan fingerprint density at radius 1 is 1.39 bits per heavy atom. The maximum Gasteiger partial charge on any atom is 0.252 e. The van der Waals surface area contributed by atoms with Gasteiger partial charge >= 0.3 is 0 Å². The Balaban J connectivity index is 1.36. The van der Waals surface area contributed by atoms with Crippen molar-refractivity contribution in [2.75, 3.05) is 13.1 Å². The van der Waals surface area contributed by atoms with Crippen molar-refractivity contribution in [3.05, 3.63) is 50.6 Å². The lowest BCUT2D eigenvalue weighted by Crippen LogP contribution is -2.32. The Bertz CT molecular complexity index is 969. The van der Waals surface area contributed by atoms with Crippen LogP contribution in [0.5, 0.6) is 0 Å². The summed E-state index contributed by atoms with van der Waals surface area (Å²) < 4.78 is 7.00. The van der Waals surface area contributed by atoms with Gasteiger partial charge in [-0.3, -0.25) is 14.4 Å². The summed E-state index contributed by atoms with van der Waals surface area (Å²) >= 11 is 1.67. The van der Waals surface area contributed by atoms with Crippen LogP contribution in [0.3, 0.4) is 0 Å². The number of fused-ring (bicyclic) bond motifs is 1. The molecule has 3 aromatic rings. The summed E-state index contributed by atoms with van der Waals surface area (Å²) in [5.41, 5.74) is 4.13. The highest BCUT2D eigenvalue weighted by atomic mass is 32.1. The number of hydrogen-bond donors (Lipinski definition) is 1. The molecule has 0 spiro atoms. The first-order valence-corrected chi connectivity index (χ1v) is 10.2. The maximum atomic E-state index is 12.6. The predicted octanol–water partition coefficient (Wildman–Crippen LogP) is 2.01. The van der Waals surface area contributed by atoms with Crippen molar-refractivity contribution in [2.24, 2.45) is 7.05 Å². The molecule has 4 rings (SSSR count). The number of rotatable bonds is 6. The van der Waals surface area contributed by atoms with Gasteiger partial charge in [0, 0.05) is 55.5 Å². The number of aryl methyl sites for hydroxylation is 3. The predicted molar refractivity (Wildman–Crippen MR) is 105 cm³/mol. The fourth-order valence-corrected chi connectivity index (χ4v) is 4.71. The molecule has 1 N–H and O–H groups in total. The van der Waals surface area contributed by atoms with E-state index >= 15 is 0 Å². The zero-order chi connectivity index (χ0) is 19.7. The molecular weight excluding hydrogens is 376 g/mol. The standard InChI is InChI=1S/C19H24N6O2S/c1-12-15(13(2)27-23-12)8-25-7-5-14-16(10-28-17(14)9-25)19(26)20-6-4-18-21-11-22-24(18)3/h10-11H,4-9H2,1-3H3,(H,20,26). The van der Waals surface area contributed by atoms with E-state index in [1.807, 2.05) is 26.3 Å². The second-order valence-electron chi connectivity index (χ2n) is 7.12. The molecule has 1 aliphatic heterocycles. The Labute approximate surface area is 167 Å². The van der Waals surface area contributed by atoms with Gasteiger partial charge in [0.1, 0.15) is 17.9 Å². The van der Waals surface area contributed by atoms with E-state index in [-0.39, 0.29) is 5.91 Å².